The molecule has 4 nitrogen and oxygen atoms in total. The van der Waals surface area contributed by atoms with E-state index in [0.29, 0.717) is 18.4 Å². The molecule has 1 saturated carbocycles. The highest BCUT2D eigenvalue weighted by Gasteiger charge is 2.24. The molecule has 1 aliphatic carbocycles. The van der Waals surface area contributed by atoms with Gasteiger partial charge in [0, 0.05) is 16.6 Å². The van der Waals surface area contributed by atoms with Crippen molar-refractivity contribution in [2.75, 3.05) is 5.32 Å². The van der Waals surface area contributed by atoms with Crippen LogP contribution in [0.3, 0.4) is 0 Å². The topological polar surface area (TPSA) is 51.0 Å². The molecule has 0 bridgehead atoms. The molecule has 2 aromatic rings. The molecule has 94 valence electrons. The number of hydrogen-bond acceptors (Lipinski definition) is 4. The highest BCUT2D eigenvalue weighted by Crippen LogP contribution is 2.34. The molecule has 3 rings (SSSR count). The van der Waals surface area contributed by atoms with E-state index in [4.69, 9.17) is 16.1 Å². The van der Waals surface area contributed by atoms with E-state index in [2.05, 4.69) is 15.5 Å². The second-order valence-corrected chi connectivity index (χ2v) is 4.97. The predicted molar refractivity (Wildman–Crippen MR) is 69.7 cm³/mol. The van der Waals surface area contributed by atoms with Gasteiger partial charge >= 0.3 is 0 Å². The van der Waals surface area contributed by atoms with Gasteiger partial charge in [0.1, 0.15) is 0 Å². The number of hydrogen-bond donors (Lipinski definition) is 1. The van der Waals surface area contributed by atoms with E-state index < -0.39 is 0 Å². The predicted octanol–water partition coefficient (Wildman–Crippen LogP) is 3.60. The summed E-state index contributed by atoms with van der Waals surface area (Å²) >= 11 is 5.82. The van der Waals surface area contributed by atoms with Gasteiger partial charge in [-0.3, -0.25) is 0 Å². The molecular weight excluding hydrogens is 250 g/mol. The molecule has 1 aromatic heterocycles. The third-order valence-electron chi connectivity index (χ3n) is 3.24. The maximum absolute atomic E-state index is 5.82. The fourth-order valence-electron chi connectivity index (χ4n) is 1.92. The van der Waals surface area contributed by atoms with Crippen LogP contribution in [-0.2, 0) is 6.54 Å². The van der Waals surface area contributed by atoms with Crippen LogP contribution in [0.4, 0.5) is 5.69 Å². The van der Waals surface area contributed by atoms with Gasteiger partial charge in [-0.2, -0.15) is 4.98 Å². The summed E-state index contributed by atoms with van der Waals surface area (Å²) in [5.74, 6) is 2.00. The van der Waals surface area contributed by atoms with E-state index in [1.54, 1.807) is 0 Å². The first-order valence-corrected chi connectivity index (χ1v) is 6.51. The lowest BCUT2D eigenvalue weighted by Crippen LogP contribution is -2.10. The van der Waals surface area contributed by atoms with Gasteiger partial charge in [0.2, 0.25) is 5.89 Å². The van der Waals surface area contributed by atoms with Crippen LogP contribution in [-0.4, -0.2) is 10.1 Å². The fourth-order valence-corrected chi connectivity index (χ4v) is 2.04. The van der Waals surface area contributed by atoms with Crippen molar-refractivity contribution in [3.8, 4) is 0 Å². The van der Waals surface area contributed by atoms with E-state index in [0.717, 1.165) is 16.5 Å². The van der Waals surface area contributed by atoms with E-state index in [9.17, 15) is 0 Å². The summed E-state index contributed by atoms with van der Waals surface area (Å²) in [4.78, 5) is 4.40. The molecule has 1 N–H and O–H groups in total. The van der Waals surface area contributed by atoms with Crippen molar-refractivity contribution in [2.45, 2.75) is 31.7 Å². The van der Waals surface area contributed by atoms with Crippen molar-refractivity contribution in [2.24, 2.45) is 0 Å². The molecule has 1 heterocycles. The van der Waals surface area contributed by atoms with E-state index in [1.807, 2.05) is 24.3 Å². The molecule has 1 aliphatic rings. The molecule has 0 spiro atoms. The molecule has 5 heteroatoms. The Labute approximate surface area is 110 Å². The van der Waals surface area contributed by atoms with Gasteiger partial charge in [0.05, 0.1) is 6.54 Å². The molecule has 18 heavy (non-hydrogen) atoms. The Hall–Kier alpha value is -1.55. The number of anilines is 1. The lowest BCUT2D eigenvalue weighted by atomic mass is 9.85. The van der Waals surface area contributed by atoms with Crippen molar-refractivity contribution in [1.82, 2.24) is 10.1 Å². The Balaban J connectivity index is 1.59. The largest absolute Gasteiger partial charge is 0.376 e. The van der Waals surface area contributed by atoms with Gasteiger partial charge < -0.3 is 9.84 Å². The summed E-state index contributed by atoms with van der Waals surface area (Å²) in [6, 6.07) is 7.53. The maximum Gasteiger partial charge on any atom is 0.245 e. The first-order chi connectivity index (χ1) is 8.81. The smallest absolute Gasteiger partial charge is 0.245 e. The highest BCUT2D eigenvalue weighted by molar-refractivity contribution is 6.30. The van der Waals surface area contributed by atoms with Gasteiger partial charge in [0.15, 0.2) is 5.82 Å². The van der Waals surface area contributed by atoms with Crippen molar-refractivity contribution in [3.63, 3.8) is 0 Å². The molecule has 0 unspecified atom stereocenters. The van der Waals surface area contributed by atoms with Crippen LogP contribution < -0.4 is 5.32 Å². The minimum Gasteiger partial charge on any atom is -0.376 e. The van der Waals surface area contributed by atoms with Gasteiger partial charge in [0.25, 0.3) is 0 Å². The molecule has 0 aliphatic heterocycles. The molecule has 1 fully saturated rings. The molecule has 0 radical (unpaired) electrons. The second kappa shape index (κ2) is 4.98. The summed E-state index contributed by atoms with van der Waals surface area (Å²) in [5.41, 5.74) is 0.989. The first-order valence-electron chi connectivity index (χ1n) is 6.13. The Morgan fingerprint density at radius 1 is 1.28 bits per heavy atom. The van der Waals surface area contributed by atoms with Gasteiger partial charge in [-0.15, -0.1) is 0 Å². The number of rotatable bonds is 4. The third kappa shape index (κ3) is 2.48. The zero-order valence-corrected chi connectivity index (χ0v) is 10.7. The Bertz CT molecular complexity index is 519. The minimum atomic E-state index is 0.512. The third-order valence-corrected chi connectivity index (χ3v) is 3.49. The van der Waals surface area contributed by atoms with Crippen LogP contribution in [0.5, 0.6) is 0 Å². The van der Waals surface area contributed by atoms with Crippen LogP contribution >= 0.6 is 11.6 Å². The van der Waals surface area contributed by atoms with E-state index in [1.165, 1.54) is 19.3 Å². The fraction of sp³-hybridized carbons (Fsp3) is 0.385. The average Bonchev–Trinajstić information content (AvgIpc) is 2.75. The van der Waals surface area contributed by atoms with Crippen LogP contribution in [0.2, 0.25) is 5.02 Å². The average molecular weight is 264 g/mol. The Morgan fingerprint density at radius 2 is 2.06 bits per heavy atom. The molecule has 0 amide bonds. The molecule has 1 aromatic carbocycles. The van der Waals surface area contributed by atoms with Crippen LogP contribution in [0, 0.1) is 0 Å². The van der Waals surface area contributed by atoms with Crippen LogP contribution in [0.1, 0.15) is 36.9 Å². The summed E-state index contributed by atoms with van der Waals surface area (Å²) in [6.07, 6.45) is 3.64. The maximum atomic E-state index is 5.82. The molecular formula is C13H14ClN3O. The van der Waals surface area contributed by atoms with Crippen molar-refractivity contribution in [1.29, 1.82) is 0 Å². The number of benzene rings is 1. The highest BCUT2D eigenvalue weighted by atomic mass is 35.5. The van der Waals surface area contributed by atoms with Crippen LogP contribution in [0.15, 0.2) is 28.8 Å². The van der Waals surface area contributed by atoms with Crippen molar-refractivity contribution in [3.05, 3.63) is 41.0 Å². The number of aromatic nitrogens is 2. The summed E-state index contributed by atoms with van der Waals surface area (Å²) in [7, 11) is 0. The molecule has 0 saturated heterocycles. The standard InChI is InChI=1S/C13H14ClN3O/c14-10-4-6-11(7-5-10)15-8-12-16-13(17-18-12)9-2-1-3-9/h4-7,9,15H,1-3,8H2. The van der Waals surface area contributed by atoms with Gasteiger partial charge in [-0.25, -0.2) is 0 Å². The normalized spacial score (nSPS) is 15.4. The second-order valence-electron chi connectivity index (χ2n) is 4.53. The summed E-state index contributed by atoms with van der Waals surface area (Å²) in [5, 5.41) is 7.97. The Kier molecular flexibility index (Phi) is 3.19. The first kappa shape index (κ1) is 11.5. The number of nitrogens with zero attached hydrogens (tertiary/aromatic N) is 2. The van der Waals surface area contributed by atoms with Crippen LogP contribution in [0.25, 0.3) is 0 Å². The van der Waals surface area contributed by atoms with Crippen molar-refractivity contribution < 1.29 is 4.52 Å². The number of halogens is 1. The summed E-state index contributed by atoms with van der Waals surface area (Å²) in [6.45, 7) is 0.543. The minimum absolute atomic E-state index is 0.512. The van der Waals surface area contributed by atoms with E-state index in [-0.39, 0.29) is 0 Å². The molecule has 0 atom stereocenters. The zero-order valence-electron chi connectivity index (χ0n) is 9.90. The number of nitrogens with one attached hydrogen (secondary N) is 1. The quantitative estimate of drug-likeness (QED) is 0.916. The Morgan fingerprint density at radius 3 is 2.72 bits per heavy atom. The zero-order chi connectivity index (χ0) is 12.4. The van der Waals surface area contributed by atoms with Gasteiger partial charge in [-0.05, 0) is 37.1 Å². The lowest BCUT2D eigenvalue weighted by molar-refractivity contribution is 0.349. The SMILES string of the molecule is Clc1ccc(NCc2nc(C3CCC3)no2)cc1. The van der Waals surface area contributed by atoms with Gasteiger partial charge in [-0.1, -0.05) is 23.2 Å². The van der Waals surface area contributed by atoms with Crippen molar-refractivity contribution >= 4 is 17.3 Å². The van der Waals surface area contributed by atoms with E-state index >= 15 is 0 Å². The summed E-state index contributed by atoms with van der Waals surface area (Å²) < 4.78 is 5.22. The lowest BCUT2D eigenvalue weighted by Gasteiger charge is -2.20. The monoisotopic (exact) mass is 263 g/mol.